The third-order valence-electron chi connectivity index (χ3n) is 5.73. The summed E-state index contributed by atoms with van der Waals surface area (Å²) in [6.45, 7) is 5.66. The monoisotopic (exact) mass is 446 g/mol. The summed E-state index contributed by atoms with van der Waals surface area (Å²) in [5.74, 6) is 0.814. The Morgan fingerprint density at radius 1 is 0.758 bits per heavy atom. The van der Waals surface area contributed by atoms with Gasteiger partial charge in [0, 0.05) is 0 Å². The van der Waals surface area contributed by atoms with Crippen molar-refractivity contribution in [1.29, 1.82) is 0 Å². The molecule has 2 unspecified atom stereocenters. The second-order valence-corrected chi connectivity index (χ2v) is 8.17. The summed E-state index contributed by atoms with van der Waals surface area (Å²) in [6.07, 6.45) is 1.75. The largest absolute Gasteiger partial charge is 0.491 e. The lowest BCUT2D eigenvalue weighted by atomic mass is 9.87. The van der Waals surface area contributed by atoms with Crippen molar-refractivity contribution in [3.63, 3.8) is 0 Å². The highest BCUT2D eigenvalue weighted by molar-refractivity contribution is 5.72. The van der Waals surface area contributed by atoms with E-state index in [4.69, 9.17) is 14.2 Å². The van der Waals surface area contributed by atoms with E-state index in [1.54, 1.807) is 0 Å². The smallest absolute Gasteiger partial charge is 0.308 e. The summed E-state index contributed by atoms with van der Waals surface area (Å²) in [5.41, 5.74) is 3.68. The van der Waals surface area contributed by atoms with Gasteiger partial charge in [-0.15, -0.1) is 0 Å². The molecule has 174 valence electrons. The van der Waals surface area contributed by atoms with Gasteiger partial charge in [0.25, 0.3) is 0 Å². The normalized spacial score (nSPS) is 12.7. The molecule has 3 aromatic carbocycles. The maximum absolute atomic E-state index is 12.4. The first-order valence-corrected chi connectivity index (χ1v) is 11.7. The van der Waals surface area contributed by atoms with Crippen molar-refractivity contribution in [3.05, 3.63) is 90.5 Å². The molecule has 0 bridgehead atoms. The van der Waals surface area contributed by atoms with Gasteiger partial charge in [-0.3, -0.25) is 4.79 Å². The molecule has 4 nitrogen and oxygen atoms in total. The van der Waals surface area contributed by atoms with Crippen LogP contribution in [0.2, 0.25) is 0 Å². The molecule has 0 amide bonds. The molecule has 0 aromatic heterocycles. The van der Waals surface area contributed by atoms with Crippen LogP contribution in [0, 0.1) is 5.92 Å². The average molecular weight is 447 g/mol. The molecular formula is C29H34O4. The summed E-state index contributed by atoms with van der Waals surface area (Å²) >= 11 is 0. The number of para-hydroxylation sites is 1. The van der Waals surface area contributed by atoms with Gasteiger partial charge in [0.2, 0.25) is 0 Å². The standard InChI is InChI=1S/C29H34O4/c1-3-24(26-14-16-27(17-15-26)25-10-6-4-7-11-25)22-23(2)29(30)33-21-19-31-18-20-32-28-12-8-5-9-13-28/h4-17,23-24H,3,18-22H2,1-2H3. The van der Waals surface area contributed by atoms with Gasteiger partial charge in [0.05, 0.1) is 19.1 Å². The highest BCUT2D eigenvalue weighted by Crippen LogP contribution is 2.29. The molecule has 0 radical (unpaired) electrons. The Balaban J connectivity index is 1.36. The zero-order valence-electron chi connectivity index (χ0n) is 19.6. The highest BCUT2D eigenvalue weighted by Gasteiger charge is 2.20. The molecule has 0 saturated heterocycles. The minimum absolute atomic E-state index is 0.162. The van der Waals surface area contributed by atoms with E-state index in [0.29, 0.717) is 25.7 Å². The van der Waals surface area contributed by atoms with Crippen LogP contribution in [0.1, 0.15) is 38.2 Å². The topological polar surface area (TPSA) is 44.8 Å². The Bertz CT molecular complexity index is 938. The number of rotatable bonds is 13. The van der Waals surface area contributed by atoms with Crippen LogP contribution in [-0.4, -0.2) is 32.4 Å². The van der Waals surface area contributed by atoms with E-state index in [9.17, 15) is 4.79 Å². The highest BCUT2D eigenvalue weighted by atomic mass is 16.6. The maximum atomic E-state index is 12.4. The Labute approximate surface area is 197 Å². The van der Waals surface area contributed by atoms with Crippen LogP contribution in [0.5, 0.6) is 5.75 Å². The average Bonchev–Trinajstić information content (AvgIpc) is 2.87. The number of ether oxygens (including phenoxy) is 3. The molecule has 3 rings (SSSR count). The van der Waals surface area contributed by atoms with Crippen molar-refractivity contribution in [1.82, 2.24) is 0 Å². The second kappa shape index (κ2) is 13.4. The Hall–Kier alpha value is -3.11. The molecule has 0 N–H and O–H groups in total. The predicted molar refractivity (Wildman–Crippen MR) is 132 cm³/mol. The lowest BCUT2D eigenvalue weighted by Gasteiger charge is -2.20. The van der Waals surface area contributed by atoms with Gasteiger partial charge in [-0.25, -0.2) is 0 Å². The lowest BCUT2D eigenvalue weighted by Crippen LogP contribution is -2.20. The molecule has 0 spiro atoms. The van der Waals surface area contributed by atoms with Gasteiger partial charge in [0.15, 0.2) is 0 Å². The Kier molecular flexibility index (Phi) is 9.99. The van der Waals surface area contributed by atoms with Crippen LogP contribution >= 0.6 is 0 Å². The van der Waals surface area contributed by atoms with Crippen molar-refractivity contribution in [2.75, 3.05) is 26.4 Å². The van der Waals surface area contributed by atoms with Crippen LogP contribution in [-0.2, 0) is 14.3 Å². The fraction of sp³-hybridized carbons (Fsp3) is 0.345. The fourth-order valence-corrected chi connectivity index (χ4v) is 3.82. The molecule has 4 heteroatoms. The molecule has 3 aromatic rings. The SMILES string of the molecule is CCC(CC(C)C(=O)OCCOCCOc1ccccc1)c1ccc(-c2ccccc2)cc1. The number of carbonyl (C=O) groups excluding carboxylic acids is 1. The molecule has 0 saturated carbocycles. The summed E-state index contributed by atoms with van der Waals surface area (Å²) < 4.78 is 16.5. The first kappa shape index (κ1) is 24.5. The third kappa shape index (κ3) is 8.07. The number of hydrogen-bond donors (Lipinski definition) is 0. The molecule has 0 heterocycles. The van der Waals surface area contributed by atoms with E-state index in [1.807, 2.05) is 43.3 Å². The molecule has 0 aliphatic carbocycles. The predicted octanol–water partition coefficient (Wildman–Crippen LogP) is 6.51. The number of carbonyl (C=O) groups is 1. The van der Waals surface area contributed by atoms with Crippen molar-refractivity contribution in [2.45, 2.75) is 32.6 Å². The number of esters is 1. The summed E-state index contributed by atoms with van der Waals surface area (Å²) in [4.78, 5) is 12.4. The third-order valence-corrected chi connectivity index (χ3v) is 5.73. The van der Waals surface area contributed by atoms with Crippen LogP contribution in [0.15, 0.2) is 84.9 Å². The van der Waals surface area contributed by atoms with Crippen LogP contribution < -0.4 is 4.74 Å². The van der Waals surface area contributed by atoms with Crippen molar-refractivity contribution >= 4 is 5.97 Å². The van der Waals surface area contributed by atoms with Crippen molar-refractivity contribution < 1.29 is 19.0 Å². The minimum Gasteiger partial charge on any atom is -0.491 e. The summed E-state index contributed by atoms with van der Waals surface area (Å²) in [5, 5.41) is 0. The molecule has 0 fully saturated rings. The van der Waals surface area contributed by atoms with Gasteiger partial charge in [0.1, 0.15) is 19.0 Å². The number of benzene rings is 3. The summed E-state index contributed by atoms with van der Waals surface area (Å²) in [6, 6.07) is 28.7. The molecule has 33 heavy (non-hydrogen) atoms. The van der Waals surface area contributed by atoms with Crippen molar-refractivity contribution in [2.24, 2.45) is 5.92 Å². The van der Waals surface area contributed by atoms with Crippen LogP contribution in [0.3, 0.4) is 0 Å². The van der Waals surface area contributed by atoms with Crippen LogP contribution in [0.25, 0.3) is 11.1 Å². The zero-order valence-corrected chi connectivity index (χ0v) is 19.6. The molecular weight excluding hydrogens is 412 g/mol. The number of hydrogen-bond acceptors (Lipinski definition) is 4. The van der Waals surface area contributed by atoms with Crippen LogP contribution in [0.4, 0.5) is 0 Å². The van der Waals surface area contributed by atoms with E-state index in [2.05, 4.69) is 55.5 Å². The first-order valence-electron chi connectivity index (χ1n) is 11.7. The quantitative estimate of drug-likeness (QED) is 0.222. The maximum Gasteiger partial charge on any atom is 0.308 e. The van der Waals surface area contributed by atoms with E-state index < -0.39 is 0 Å². The van der Waals surface area contributed by atoms with Gasteiger partial charge in [-0.2, -0.15) is 0 Å². The molecule has 0 aliphatic rings. The van der Waals surface area contributed by atoms with E-state index in [-0.39, 0.29) is 18.5 Å². The van der Waals surface area contributed by atoms with Gasteiger partial charge < -0.3 is 14.2 Å². The minimum atomic E-state index is -0.168. The fourth-order valence-electron chi connectivity index (χ4n) is 3.82. The van der Waals surface area contributed by atoms with Gasteiger partial charge in [-0.1, -0.05) is 86.6 Å². The molecule has 0 aliphatic heterocycles. The van der Waals surface area contributed by atoms with E-state index in [1.165, 1.54) is 16.7 Å². The lowest BCUT2D eigenvalue weighted by molar-refractivity contribution is -0.149. The van der Waals surface area contributed by atoms with Gasteiger partial charge in [-0.05, 0) is 47.6 Å². The first-order chi connectivity index (χ1) is 16.2. The summed E-state index contributed by atoms with van der Waals surface area (Å²) in [7, 11) is 0. The zero-order chi connectivity index (χ0) is 23.3. The molecule has 2 atom stereocenters. The Morgan fingerprint density at radius 2 is 1.36 bits per heavy atom. The van der Waals surface area contributed by atoms with E-state index >= 15 is 0 Å². The van der Waals surface area contributed by atoms with Crippen molar-refractivity contribution in [3.8, 4) is 16.9 Å². The van der Waals surface area contributed by atoms with E-state index in [0.717, 1.165) is 18.6 Å². The van der Waals surface area contributed by atoms with Gasteiger partial charge >= 0.3 is 5.97 Å². The Morgan fingerprint density at radius 3 is 2.03 bits per heavy atom. The second-order valence-electron chi connectivity index (χ2n) is 8.17.